The van der Waals surface area contributed by atoms with Crippen molar-refractivity contribution in [3.63, 3.8) is 0 Å². The van der Waals surface area contributed by atoms with Crippen molar-refractivity contribution >= 4 is 6.03 Å². The molecule has 1 saturated heterocycles. The van der Waals surface area contributed by atoms with E-state index < -0.39 is 0 Å². The average Bonchev–Trinajstić information content (AvgIpc) is 3.37. The number of urea groups is 1. The number of fused-ring (bicyclic) bond motifs is 1. The molecule has 0 spiro atoms. The number of hydrogen-bond acceptors (Lipinski definition) is 4. The minimum atomic E-state index is -0.302. The molecule has 2 aliphatic heterocycles. The molecule has 1 aliphatic carbocycles. The lowest BCUT2D eigenvalue weighted by Gasteiger charge is -2.32. The van der Waals surface area contributed by atoms with Gasteiger partial charge in [-0.3, -0.25) is 0 Å². The number of nitrogens with zero attached hydrogens (tertiary/aromatic N) is 1. The molecule has 2 heterocycles. The number of rotatable bonds is 6. The van der Waals surface area contributed by atoms with E-state index in [4.69, 9.17) is 9.47 Å². The zero-order valence-electron chi connectivity index (χ0n) is 17.0. The summed E-state index contributed by atoms with van der Waals surface area (Å²) in [4.78, 5) is 15.2. The molecule has 154 valence electrons. The molecule has 1 aromatic carbocycles. The van der Waals surface area contributed by atoms with Crippen molar-refractivity contribution in [2.75, 3.05) is 39.4 Å². The predicted molar refractivity (Wildman–Crippen MR) is 109 cm³/mol. The third-order valence-corrected chi connectivity index (χ3v) is 6.37. The zero-order valence-corrected chi connectivity index (χ0v) is 17.0. The summed E-state index contributed by atoms with van der Waals surface area (Å²) < 4.78 is 11.4. The summed E-state index contributed by atoms with van der Waals surface area (Å²) in [7, 11) is 0. The molecule has 1 saturated carbocycles. The third kappa shape index (κ3) is 4.22. The predicted octanol–water partition coefficient (Wildman–Crippen LogP) is 3.26. The van der Waals surface area contributed by atoms with Crippen LogP contribution in [0.1, 0.15) is 51.0 Å². The van der Waals surface area contributed by atoms with Crippen LogP contribution in [0.4, 0.5) is 4.79 Å². The van der Waals surface area contributed by atoms with E-state index in [9.17, 15) is 4.79 Å². The largest absolute Gasteiger partial charge is 0.486 e. The Morgan fingerprint density at radius 3 is 2.79 bits per heavy atom. The number of nitrogens with one attached hydrogen (secondary N) is 2. The van der Waals surface area contributed by atoms with Gasteiger partial charge >= 0.3 is 6.03 Å². The van der Waals surface area contributed by atoms with Crippen LogP contribution < -0.4 is 20.1 Å². The Labute approximate surface area is 168 Å². The first kappa shape index (κ1) is 19.4. The van der Waals surface area contributed by atoms with Gasteiger partial charge in [-0.1, -0.05) is 25.8 Å². The standard InChI is InChI=1S/C22H33N3O3/c1-2-10-25-11-7-17(16-25)15-23-21(26)24-22(8-3-4-9-22)18-5-6-19-20(14-18)28-13-12-27-19/h5-6,14,17H,2-4,7-13,15-16H2,1H3,(H2,23,24,26). The Bertz CT molecular complexity index is 688. The molecule has 1 atom stereocenters. The van der Waals surface area contributed by atoms with Gasteiger partial charge in [-0.05, 0) is 62.4 Å². The summed E-state index contributed by atoms with van der Waals surface area (Å²) in [6, 6.07) is 6.06. The summed E-state index contributed by atoms with van der Waals surface area (Å²) in [6.45, 7) is 7.56. The highest BCUT2D eigenvalue weighted by molar-refractivity contribution is 5.75. The Balaban J connectivity index is 1.37. The van der Waals surface area contributed by atoms with Crippen molar-refractivity contribution in [3.05, 3.63) is 23.8 Å². The van der Waals surface area contributed by atoms with Gasteiger partial charge in [-0.25, -0.2) is 4.79 Å². The summed E-state index contributed by atoms with van der Waals surface area (Å²) in [6.07, 6.45) is 6.56. The van der Waals surface area contributed by atoms with Crippen LogP contribution in [0.2, 0.25) is 0 Å². The molecule has 2 fully saturated rings. The molecule has 3 aliphatic rings. The minimum Gasteiger partial charge on any atom is -0.486 e. The number of ether oxygens (including phenoxy) is 2. The van der Waals surface area contributed by atoms with Crippen LogP contribution in [0.5, 0.6) is 11.5 Å². The van der Waals surface area contributed by atoms with Crippen LogP contribution in [0.15, 0.2) is 18.2 Å². The Morgan fingerprint density at radius 2 is 2.00 bits per heavy atom. The van der Waals surface area contributed by atoms with Gasteiger partial charge in [-0.2, -0.15) is 0 Å². The van der Waals surface area contributed by atoms with Crippen LogP contribution in [-0.2, 0) is 5.54 Å². The fraction of sp³-hybridized carbons (Fsp3) is 0.682. The molecule has 0 radical (unpaired) electrons. The zero-order chi connectivity index (χ0) is 19.4. The number of carbonyl (C=O) groups is 1. The maximum absolute atomic E-state index is 12.7. The maximum atomic E-state index is 12.7. The van der Waals surface area contributed by atoms with Gasteiger partial charge in [0.2, 0.25) is 0 Å². The van der Waals surface area contributed by atoms with Crippen LogP contribution in [-0.4, -0.2) is 50.3 Å². The lowest BCUT2D eigenvalue weighted by molar-refractivity contribution is 0.170. The summed E-state index contributed by atoms with van der Waals surface area (Å²) in [5, 5.41) is 6.45. The topological polar surface area (TPSA) is 62.8 Å². The second-order valence-electron chi connectivity index (χ2n) is 8.44. The number of benzene rings is 1. The lowest BCUT2D eigenvalue weighted by atomic mass is 9.88. The van der Waals surface area contributed by atoms with Crippen LogP contribution in [0.25, 0.3) is 0 Å². The Morgan fingerprint density at radius 1 is 1.21 bits per heavy atom. The van der Waals surface area contributed by atoms with E-state index in [0.29, 0.717) is 19.1 Å². The van der Waals surface area contributed by atoms with E-state index in [-0.39, 0.29) is 11.6 Å². The monoisotopic (exact) mass is 387 g/mol. The maximum Gasteiger partial charge on any atom is 0.315 e. The van der Waals surface area contributed by atoms with Crippen molar-refractivity contribution in [2.45, 2.75) is 51.0 Å². The first-order valence-electron chi connectivity index (χ1n) is 10.9. The van der Waals surface area contributed by atoms with Crippen molar-refractivity contribution in [3.8, 4) is 11.5 Å². The van der Waals surface area contributed by atoms with Crippen molar-refractivity contribution in [2.24, 2.45) is 5.92 Å². The van der Waals surface area contributed by atoms with Gasteiger partial charge in [0.25, 0.3) is 0 Å². The lowest BCUT2D eigenvalue weighted by Crippen LogP contribution is -2.49. The SMILES string of the molecule is CCCN1CCC(CNC(=O)NC2(c3ccc4c(c3)OCCO4)CCCC2)C1. The number of carbonyl (C=O) groups excluding carboxylic acids is 1. The van der Waals surface area contributed by atoms with E-state index in [0.717, 1.165) is 68.9 Å². The summed E-state index contributed by atoms with van der Waals surface area (Å²) in [5.41, 5.74) is 0.823. The van der Waals surface area contributed by atoms with Gasteiger partial charge in [0.05, 0.1) is 5.54 Å². The fourth-order valence-corrected chi connectivity index (χ4v) is 4.90. The van der Waals surface area contributed by atoms with Crippen LogP contribution in [0.3, 0.4) is 0 Å². The molecule has 6 nitrogen and oxygen atoms in total. The van der Waals surface area contributed by atoms with Gasteiger partial charge < -0.3 is 25.0 Å². The highest BCUT2D eigenvalue weighted by Gasteiger charge is 2.38. The van der Waals surface area contributed by atoms with Crippen molar-refractivity contribution < 1.29 is 14.3 Å². The second-order valence-corrected chi connectivity index (χ2v) is 8.44. The van der Waals surface area contributed by atoms with Gasteiger partial charge in [0.15, 0.2) is 11.5 Å². The molecule has 4 rings (SSSR count). The smallest absolute Gasteiger partial charge is 0.315 e. The molecule has 2 N–H and O–H groups in total. The molecular weight excluding hydrogens is 354 g/mol. The number of likely N-dealkylation sites (tertiary alicyclic amines) is 1. The second kappa shape index (κ2) is 8.60. The number of amides is 2. The molecule has 0 bridgehead atoms. The summed E-state index contributed by atoms with van der Waals surface area (Å²) >= 11 is 0. The van der Waals surface area contributed by atoms with Crippen molar-refractivity contribution in [1.82, 2.24) is 15.5 Å². The van der Waals surface area contributed by atoms with Crippen LogP contribution in [0, 0.1) is 5.92 Å². The molecule has 1 aromatic rings. The van der Waals surface area contributed by atoms with Gasteiger partial charge in [0, 0.05) is 13.1 Å². The highest BCUT2D eigenvalue weighted by atomic mass is 16.6. The molecule has 0 aromatic heterocycles. The van der Waals surface area contributed by atoms with Gasteiger partial charge in [0.1, 0.15) is 13.2 Å². The highest BCUT2D eigenvalue weighted by Crippen LogP contribution is 2.42. The molecule has 1 unspecified atom stereocenters. The van der Waals surface area contributed by atoms with E-state index in [1.807, 2.05) is 6.07 Å². The van der Waals surface area contributed by atoms with E-state index in [2.05, 4.69) is 34.6 Å². The van der Waals surface area contributed by atoms with Crippen LogP contribution >= 0.6 is 0 Å². The molecule has 2 amide bonds. The average molecular weight is 388 g/mol. The molecule has 28 heavy (non-hydrogen) atoms. The normalized spacial score (nSPS) is 23.5. The van der Waals surface area contributed by atoms with E-state index in [1.54, 1.807) is 0 Å². The van der Waals surface area contributed by atoms with E-state index in [1.165, 1.54) is 12.8 Å². The molecule has 6 heteroatoms. The fourth-order valence-electron chi connectivity index (χ4n) is 4.90. The van der Waals surface area contributed by atoms with Crippen molar-refractivity contribution in [1.29, 1.82) is 0 Å². The number of hydrogen-bond donors (Lipinski definition) is 2. The quantitative estimate of drug-likeness (QED) is 0.787. The first-order valence-corrected chi connectivity index (χ1v) is 10.9. The Kier molecular flexibility index (Phi) is 5.95. The van der Waals surface area contributed by atoms with Gasteiger partial charge in [-0.15, -0.1) is 0 Å². The molecular formula is C22H33N3O3. The first-order chi connectivity index (χ1) is 13.7. The minimum absolute atomic E-state index is 0.0502. The third-order valence-electron chi connectivity index (χ3n) is 6.37. The Hall–Kier alpha value is -1.95. The summed E-state index contributed by atoms with van der Waals surface area (Å²) in [5.74, 6) is 2.15. The van der Waals surface area contributed by atoms with E-state index >= 15 is 0 Å².